The maximum atomic E-state index is 11.1. The lowest BCUT2D eigenvalue weighted by molar-refractivity contribution is -0.145. The van der Waals surface area contributed by atoms with Crippen LogP contribution >= 0.6 is 31.9 Å². The van der Waals surface area contributed by atoms with Crippen LogP contribution in [0.2, 0.25) is 0 Å². The molecule has 0 bridgehead atoms. The summed E-state index contributed by atoms with van der Waals surface area (Å²) in [5, 5.41) is 9.01. The van der Waals surface area contributed by atoms with Crippen LogP contribution in [0.25, 0.3) is 0 Å². The second-order valence-electron chi connectivity index (χ2n) is 3.14. The lowest BCUT2D eigenvalue weighted by Gasteiger charge is -2.11. The fourth-order valence-corrected chi connectivity index (χ4v) is 2.69. The Morgan fingerprint density at radius 1 is 1.35 bits per heavy atom. The van der Waals surface area contributed by atoms with Crippen LogP contribution in [0.15, 0.2) is 21.1 Å². The van der Waals surface area contributed by atoms with Crippen LogP contribution in [0.1, 0.15) is 12.5 Å². The van der Waals surface area contributed by atoms with Gasteiger partial charge in [-0.15, -0.1) is 0 Å². The van der Waals surface area contributed by atoms with Crippen LogP contribution in [0.4, 0.5) is 0 Å². The summed E-state index contributed by atoms with van der Waals surface area (Å²) in [5.41, 5.74) is 0.743. The minimum atomic E-state index is -0.419. The third kappa shape index (κ3) is 4.29. The minimum Gasteiger partial charge on any atom is -0.480 e. The smallest absolute Gasteiger partial charge is 0.344 e. The average molecular weight is 368 g/mol. The monoisotopic (exact) mass is 366 g/mol. The first-order chi connectivity index (χ1) is 8.08. The van der Waals surface area contributed by atoms with E-state index in [-0.39, 0.29) is 13.2 Å². The van der Waals surface area contributed by atoms with E-state index in [0.717, 1.165) is 5.56 Å². The molecule has 0 saturated carbocycles. The van der Waals surface area contributed by atoms with Crippen LogP contribution in [0, 0.1) is 0 Å². The summed E-state index contributed by atoms with van der Waals surface area (Å²) >= 11 is 6.62. The lowest BCUT2D eigenvalue weighted by atomic mass is 10.2. The van der Waals surface area contributed by atoms with Gasteiger partial charge in [-0.25, -0.2) is 4.79 Å². The van der Waals surface area contributed by atoms with Gasteiger partial charge in [-0.1, -0.05) is 0 Å². The zero-order valence-electron chi connectivity index (χ0n) is 9.20. The van der Waals surface area contributed by atoms with E-state index in [0.29, 0.717) is 21.3 Å². The van der Waals surface area contributed by atoms with Crippen molar-refractivity contribution in [2.75, 3.05) is 13.2 Å². The number of aliphatic hydroxyl groups is 1. The number of carbonyl (C=O) groups excluding carboxylic acids is 1. The number of halogens is 2. The molecule has 17 heavy (non-hydrogen) atoms. The van der Waals surface area contributed by atoms with Crippen molar-refractivity contribution < 1.29 is 19.4 Å². The van der Waals surface area contributed by atoms with Gasteiger partial charge in [0.15, 0.2) is 6.61 Å². The molecule has 0 unspecified atom stereocenters. The molecule has 0 aromatic heterocycles. The Kier molecular flexibility index (Phi) is 5.94. The summed E-state index contributed by atoms with van der Waals surface area (Å²) in [6, 6.07) is 3.45. The van der Waals surface area contributed by atoms with E-state index in [1.165, 1.54) is 0 Å². The molecule has 1 N–H and O–H groups in total. The molecule has 0 amide bonds. The summed E-state index contributed by atoms with van der Waals surface area (Å²) in [6.45, 7) is 1.85. The number of hydrogen-bond donors (Lipinski definition) is 1. The molecule has 6 heteroatoms. The molecule has 1 rings (SSSR count). The first-order valence-corrected chi connectivity index (χ1v) is 6.54. The predicted octanol–water partition coefficient (Wildman–Crippen LogP) is 2.65. The number of carbonyl (C=O) groups is 1. The summed E-state index contributed by atoms with van der Waals surface area (Å²) < 4.78 is 11.4. The van der Waals surface area contributed by atoms with Crippen molar-refractivity contribution in [3.05, 3.63) is 26.6 Å². The Morgan fingerprint density at radius 2 is 1.94 bits per heavy atom. The molecule has 0 heterocycles. The van der Waals surface area contributed by atoms with Crippen LogP contribution in [0.5, 0.6) is 5.75 Å². The second kappa shape index (κ2) is 6.98. The van der Waals surface area contributed by atoms with Gasteiger partial charge >= 0.3 is 5.97 Å². The van der Waals surface area contributed by atoms with Gasteiger partial charge in [-0.05, 0) is 56.5 Å². The predicted molar refractivity (Wildman–Crippen MR) is 69.9 cm³/mol. The number of rotatable bonds is 5. The summed E-state index contributed by atoms with van der Waals surface area (Å²) in [7, 11) is 0. The summed E-state index contributed by atoms with van der Waals surface area (Å²) in [5.74, 6) is 0.0905. The summed E-state index contributed by atoms with van der Waals surface area (Å²) in [6.07, 6.45) is 0. The lowest BCUT2D eigenvalue weighted by Crippen LogP contribution is -2.15. The third-order valence-electron chi connectivity index (χ3n) is 1.88. The van der Waals surface area contributed by atoms with E-state index in [9.17, 15) is 4.79 Å². The van der Waals surface area contributed by atoms with Crippen LogP contribution in [0.3, 0.4) is 0 Å². The number of ether oxygens (including phenoxy) is 2. The Labute approximate surface area is 116 Å². The van der Waals surface area contributed by atoms with Gasteiger partial charge in [0.25, 0.3) is 0 Å². The Hall–Kier alpha value is -0.590. The molecule has 0 aliphatic rings. The van der Waals surface area contributed by atoms with E-state index in [4.69, 9.17) is 14.6 Å². The van der Waals surface area contributed by atoms with Crippen molar-refractivity contribution in [2.24, 2.45) is 0 Å². The van der Waals surface area contributed by atoms with Crippen molar-refractivity contribution in [3.8, 4) is 5.75 Å². The number of hydrogen-bond acceptors (Lipinski definition) is 4. The molecule has 0 aliphatic heterocycles. The Bertz CT molecular complexity index is 383. The normalized spacial score (nSPS) is 10.1. The Morgan fingerprint density at radius 3 is 2.41 bits per heavy atom. The molecule has 4 nitrogen and oxygen atoms in total. The average Bonchev–Trinajstić information content (AvgIpc) is 2.28. The van der Waals surface area contributed by atoms with E-state index in [2.05, 4.69) is 31.9 Å². The van der Waals surface area contributed by atoms with E-state index in [1.807, 2.05) is 0 Å². The SMILES string of the molecule is CCOC(=O)COc1c(Br)cc(CO)cc1Br. The molecule has 1 aromatic rings. The van der Waals surface area contributed by atoms with E-state index in [1.54, 1.807) is 19.1 Å². The molecule has 0 atom stereocenters. The van der Waals surface area contributed by atoms with Crippen LogP contribution in [-0.4, -0.2) is 24.3 Å². The molecule has 1 aromatic carbocycles. The van der Waals surface area contributed by atoms with Crippen LogP contribution in [-0.2, 0) is 16.1 Å². The highest BCUT2D eigenvalue weighted by molar-refractivity contribution is 9.11. The van der Waals surface area contributed by atoms with Crippen LogP contribution < -0.4 is 4.74 Å². The molecule has 0 aliphatic carbocycles. The first-order valence-electron chi connectivity index (χ1n) is 4.95. The maximum Gasteiger partial charge on any atom is 0.344 e. The van der Waals surface area contributed by atoms with Crippen molar-refractivity contribution in [1.29, 1.82) is 0 Å². The van der Waals surface area contributed by atoms with Crippen molar-refractivity contribution in [1.82, 2.24) is 0 Å². The number of esters is 1. The summed E-state index contributed by atoms with van der Waals surface area (Å²) in [4.78, 5) is 11.1. The standard InChI is InChI=1S/C11H12Br2O4/c1-2-16-10(15)6-17-11-8(12)3-7(5-14)4-9(11)13/h3-4,14H,2,5-6H2,1H3. The highest BCUT2D eigenvalue weighted by Gasteiger charge is 2.11. The maximum absolute atomic E-state index is 11.1. The highest BCUT2D eigenvalue weighted by atomic mass is 79.9. The molecular formula is C11H12Br2O4. The Balaban J connectivity index is 2.74. The molecular weight excluding hydrogens is 356 g/mol. The first kappa shape index (κ1) is 14.5. The topological polar surface area (TPSA) is 55.8 Å². The van der Waals surface area contributed by atoms with E-state index >= 15 is 0 Å². The quantitative estimate of drug-likeness (QED) is 0.813. The number of aliphatic hydroxyl groups excluding tert-OH is 1. The van der Waals surface area contributed by atoms with E-state index < -0.39 is 5.97 Å². The zero-order valence-corrected chi connectivity index (χ0v) is 12.4. The molecule has 0 saturated heterocycles. The van der Waals surface area contributed by atoms with Gasteiger partial charge in [0.2, 0.25) is 0 Å². The van der Waals surface area contributed by atoms with Gasteiger partial charge in [0.05, 0.1) is 22.2 Å². The zero-order chi connectivity index (χ0) is 12.8. The third-order valence-corrected chi connectivity index (χ3v) is 3.06. The fourth-order valence-electron chi connectivity index (χ4n) is 1.18. The van der Waals surface area contributed by atoms with Gasteiger partial charge in [-0.2, -0.15) is 0 Å². The molecule has 0 radical (unpaired) electrons. The highest BCUT2D eigenvalue weighted by Crippen LogP contribution is 2.34. The van der Waals surface area contributed by atoms with Crippen molar-refractivity contribution in [3.63, 3.8) is 0 Å². The fraction of sp³-hybridized carbons (Fsp3) is 0.364. The number of benzene rings is 1. The second-order valence-corrected chi connectivity index (χ2v) is 4.85. The largest absolute Gasteiger partial charge is 0.480 e. The molecule has 0 fully saturated rings. The van der Waals surface area contributed by atoms with Gasteiger partial charge < -0.3 is 14.6 Å². The van der Waals surface area contributed by atoms with Crippen molar-refractivity contribution >= 4 is 37.8 Å². The van der Waals surface area contributed by atoms with Crippen molar-refractivity contribution in [2.45, 2.75) is 13.5 Å². The van der Waals surface area contributed by atoms with Gasteiger partial charge in [0.1, 0.15) is 5.75 Å². The minimum absolute atomic E-state index is 0.0602. The van der Waals surface area contributed by atoms with Gasteiger partial charge in [-0.3, -0.25) is 0 Å². The molecule has 0 spiro atoms. The molecule has 94 valence electrons. The van der Waals surface area contributed by atoms with Gasteiger partial charge in [0, 0.05) is 0 Å².